The third-order valence-corrected chi connectivity index (χ3v) is 7.58. The van der Waals surface area contributed by atoms with E-state index >= 15 is 0 Å². The van der Waals surface area contributed by atoms with Crippen LogP contribution in [0.2, 0.25) is 0 Å². The Kier molecular flexibility index (Phi) is 5.18. The van der Waals surface area contributed by atoms with Crippen LogP contribution in [0.25, 0.3) is 0 Å². The number of hydrogen-bond acceptors (Lipinski definition) is 5. The topological polar surface area (TPSA) is 90.0 Å². The van der Waals surface area contributed by atoms with Gasteiger partial charge in [0.05, 0.1) is 18.7 Å². The summed E-state index contributed by atoms with van der Waals surface area (Å²) in [6, 6.07) is 0. The molecule has 28 heavy (non-hydrogen) atoms. The van der Waals surface area contributed by atoms with Crippen molar-refractivity contribution in [1.82, 2.24) is 15.1 Å². The van der Waals surface area contributed by atoms with Gasteiger partial charge in [-0.05, 0) is 31.2 Å². The third-order valence-electron chi connectivity index (χ3n) is 6.49. The molecule has 0 unspecified atom stereocenters. The van der Waals surface area contributed by atoms with Crippen LogP contribution in [0.1, 0.15) is 40.6 Å². The van der Waals surface area contributed by atoms with E-state index in [4.69, 9.17) is 0 Å². The lowest BCUT2D eigenvalue weighted by Crippen LogP contribution is -2.43. The van der Waals surface area contributed by atoms with Crippen molar-refractivity contribution in [3.05, 3.63) is 21.4 Å². The summed E-state index contributed by atoms with van der Waals surface area (Å²) in [5.41, 5.74) is 1.60. The van der Waals surface area contributed by atoms with Gasteiger partial charge in [-0.25, -0.2) is 0 Å². The minimum Gasteiger partial charge on any atom is -0.396 e. The van der Waals surface area contributed by atoms with Gasteiger partial charge in [0.25, 0.3) is 5.91 Å². The van der Waals surface area contributed by atoms with Crippen LogP contribution in [0.3, 0.4) is 0 Å². The summed E-state index contributed by atoms with van der Waals surface area (Å²) >= 11 is 1.69. The normalized spacial score (nSPS) is 26.1. The number of carbonyl (C=O) groups excluding carboxylic acids is 3. The molecule has 0 saturated carbocycles. The first-order valence-electron chi connectivity index (χ1n) is 9.95. The lowest BCUT2D eigenvalue weighted by molar-refractivity contribution is -0.132. The van der Waals surface area contributed by atoms with Gasteiger partial charge >= 0.3 is 0 Å². The number of aliphatic hydroxyl groups is 1. The standard InChI is InChI=1S/C20H27N3O4S/c1-13(25)21-6-18(26)22-7-14-8-23(11-20(14,10-22)12-24)19(27)16-9-28-17-5-3-2-4-15(16)17/h9,14,24H,2-8,10-12H2,1H3,(H,21,25)/t14-,20+/m1/s1. The summed E-state index contributed by atoms with van der Waals surface area (Å²) in [4.78, 5) is 41.5. The molecule has 3 heterocycles. The third kappa shape index (κ3) is 3.33. The number of nitrogens with one attached hydrogen (secondary N) is 1. The van der Waals surface area contributed by atoms with Crippen molar-refractivity contribution in [3.8, 4) is 0 Å². The summed E-state index contributed by atoms with van der Waals surface area (Å²) < 4.78 is 0. The van der Waals surface area contributed by atoms with E-state index in [0.29, 0.717) is 26.2 Å². The van der Waals surface area contributed by atoms with E-state index in [9.17, 15) is 19.5 Å². The number of aliphatic hydroxyl groups excluding tert-OH is 1. The quantitative estimate of drug-likeness (QED) is 0.770. The molecular formula is C20H27N3O4S. The monoisotopic (exact) mass is 405 g/mol. The first-order valence-corrected chi connectivity index (χ1v) is 10.8. The second-order valence-electron chi connectivity index (χ2n) is 8.35. The van der Waals surface area contributed by atoms with Crippen molar-refractivity contribution < 1.29 is 19.5 Å². The highest BCUT2D eigenvalue weighted by Gasteiger charge is 2.54. The van der Waals surface area contributed by atoms with Crippen LogP contribution in [-0.2, 0) is 22.4 Å². The van der Waals surface area contributed by atoms with Crippen LogP contribution in [-0.4, -0.2) is 72.0 Å². The number of carbonyl (C=O) groups is 3. The largest absolute Gasteiger partial charge is 0.396 e. The molecule has 3 amide bonds. The maximum atomic E-state index is 13.2. The van der Waals surface area contributed by atoms with Gasteiger partial charge in [0.15, 0.2) is 0 Å². The van der Waals surface area contributed by atoms with Gasteiger partial charge in [-0.2, -0.15) is 0 Å². The van der Waals surface area contributed by atoms with E-state index in [2.05, 4.69) is 5.32 Å². The van der Waals surface area contributed by atoms with Gasteiger partial charge < -0.3 is 20.2 Å². The first kappa shape index (κ1) is 19.4. The molecule has 7 nitrogen and oxygen atoms in total. The molecule has 2 aliphatic heterocycles. The highest BCUT2D eigenvalue weighted by Crippen LogP contribution is 2.43. The molecule has 2 fully saturated rings. The van der Waals surface area contributed by atoms with E-state index < -0.39 is 5.41 Å². The van der Waals surface area contributed by atoms with Gasteiger partial charge in [-0.3, -0.25) is 14.4 Å². The number of thiophene rings is 1. The molecule has 2 saturated heterocycles. The maximum absolute atomic E-state index is 13.2. The zero-order valence-corrected chi connectivity index (χ0v) is 17.0. The van der Waals surface area contributed by atoms with Crippen molar-refractivity contribution >= 4 is 29.1 Å². The van der Waals surface area contributed by atoms with E-state index in [-0.39, 0.29) is 36.8 Å². The number of amides is 3. The molecular weight excluding hydrogens is 378 g/mol. The predicted octanol–water partition coefficient (Wildman–Crippen LogP) is 0.656. The van der Waals surface area contributed by atoms with Crippen LogP contribution < -0.4 is 5.32 Å². The van der Waals surface area contributed by atoms with E-state index in [1.165, 1.54) is 23.8 Å². The molecule has 8 heteroatoms. The van der Waals surface area contributed by atoms with Crippen LogP contribution in [0, 0.1) is 11.3 Å². The minimum absolute atomic E-state index is 0.0206. The molecule has 0 radical (unpaired) electrons. The number of rotatable bonds is 4. The SMILES string of the molecule is CC(=O)NCC(=O)N1C[C@@H]2CN(C(=O)c3csc4c3CCCC4)C[C@]2(CO)C1. The van der Waals surface area contributed by atoms with E-state index in [1.807, 2.05) is 10.3 Å². The molecule has 2 atom stereocenters. The molecule has 1 aliphatic carbocycles. The fourth-order valence-corrected chi connectivity index (χ4v) is 6.02. The van der Waals surface area contributed by atoms with Gasteiger partial charge in [-0.15, -0.1) is 11.3 Å². The molecule has 152 valence electrons. The number of fused-ring (bicyclic) bond motifs is 2. The van der Waals surface area contributed by atoms with Crippen molar-refractivity contribution in [2.75, 3.05) is 39.3 Å². The Balaban J connectivity index is 1.45. The zero-order valence-electron chi connectivity index (χ0n) is 16.2. The lowest BCUT2D eigenvalue weighted by Gasteiger charge is -2.27. The van der Waals surface area contributed by atoms with Crippen molar-refractivity contribution in [3.63, 3.8) is 0 Å². The summed E-state index contributed by atoms with van der Waals surface area (Å²) in [6.07, 6.45) is 4.39. The Bertz CT molecular complexity index is 807. The molecule has 0 aromatic carbocycles. The van der Waals surface area contributed by atoms with Crippen LogP contribution in [0.4, 0.5) is 0 Å². The van der Waals surface area contributed by atoms with E-state index in [0.717, 1.165) is 24.8 Å². The number of aryl methyl sites for hydroxylation is 1. The second-order valence-corrected chi connectivity index (χ2v) is 9.31. The average molecular weight is 406 g/mol. The van der Waals surface area contributed by atoms with E-state index in [1.54, 1.807) is 16.2 Å². The Labute approximate surface area is 168 Å². The summed E-state index contributed by atoms with van der Waals surface area (Å²) in [6.45, 7) is 3.30. The Morgan fingerprint density at radius 2 is 1.93 bits per heavy atom. The molecule has 1 aromatic heterocycles. The fraction of sp³-hybridized carbons (Fsp3) is 0.650. The number of hydrogen-bond donors (Lipinski definition) is 2. The summed E-state index contributed by atoms with van der Waals surface area (Å²) in [5, 5.41) is 14.7. The smallest absolute Gasteiger partial charge is 0.255 e. The molecule has 4 rings (SSSR count). The van der Waals surface area contributed by atoms with Gasteiger partial charge in [0, 0.05) is 54.7 Å². The zero-order chi connectivity index (χ0) is 19.9. The Morgan fingerprint density at radius 3 is 2.64 bits per heavy atom. The van der Waals surface area contributed by atoms with Crippen LogP contribution in [0.15, 0.2) is 5.38 Å². The molecule has 2 N–H and O–H groups in total. The van der Waals surface area contributed by atoms with Gasteiger partial charge in [-0.1, -0.05) is 0 Å². The molecule has 1 aromatic rings. The van der Waals surface area contributed by atoms with Crippen molar-refractivity contribution in [2.45, 2.75) is 32.6 Å². The summed E-state index contributed by atoms with van der Waals surface area (Å²) in [5.74, 6) is -0.238. The predicted molar refractivity (Wildman–Crippen MR) is 105 cm³/mol. The Morgan fingerprint density at radius 1 is 1.21 bits per heavy atom. The lowest BCUT2D eigenvalue weighted by atomic mass is 9.82. The second kappa shape index (κ2) is 7.48. The van der Waals surface area contributed by atoms with Crippen LogP contribution >= 0.6 is 11.3 Å². The minimum atomic E-state index is -0.461. The highest BCUT2D eigenvalue weighted by molar-refractivity contribution is 7.10. The Hall–Kier alpha value is -1.93. The summed E-state index contributed by atoms with van der Waals surface area (Å²) in [7, 11) is 0. The van der Waals surface area contributed by atoms with Crippen molar-refractivity contribution in [1.29, 1.82) is 0 Å². The first-order chi connectivity index (χ1) is 13.4. The van der Waals surface area contributed by atoms with Gasteiger partial charge in [0.2, 0.25) is 11.8 Å². The number of nitrogens with zero attached hydrogens (tertiary/aromatic N) is 2. The van der Waals surface area contributed by atoms with Gasteiger partial charge in [0.1, 0.15) is 0 Å². The fourth-order valence-electron chi connectivity index (χ4n) is 4.90. The molecule has 0 spiro atoms. The average Bonchev–Trinajstić information content (AvgIpc) is 3.35. The maximum Gasteiger partial charge on any atom is 0.255 e. The molecule has 0 bridgehead atoms. The number of likely N-dealkylation sites (tertiary alicyclic amines) is 2. The molecule has 3 aliphatic rings. The van der Waals surface area contributed by atoms with Crippen molar-refractivity contribution in [2.24, 2.45) is 11.3 Å². The van der Waals surface area contributed by atoms with Crippen LogP contribution in [0.5, 0.6) is 0 Å². The highest BCUT2D eigenvalue weighted by atomic mass is 32.1.